The van der Waals surface area contributed by atoms with Gasteiger partial charge in [0.1, 0.15) is 11.7 Å². The maximum atomic E-state index is 5.41. The van der Waals surface area contributed by atoms with Crippen LogP contribution in [0.2, 0.25) is 0 Å². The molecule has 0 amide bonds. The summed E-state index contributed by atoms with van der Waals surface area (Å²) in [6.07, 6.45) is 8.69. The van der Waals surface area contributed by atoms with Crippen LogP contribution in [-0.4, -0.2) is 28.7 Å². The summed E-state index contributed by atoms with van der Waals surface area (Å²) in [5.74, 6) is 1.96. The van der Waals surface area contributed by atoms with Crippen molar-refractivity contribution in [2.24, 2.45) is 9.98 Å². The van der Waals surface area contributed by atoms with Gasteiger partial charge in [0, 0.05) is 11.1 Å². The maximum Gasteiger partial charge on any atom is 0.142 e. The minimum Gasteiger partial charge on any atom is -0.301 e. The van der Waals surface area contributed by atoms with Crippen LogP contribution in [0, 0.1) is 0 Å². The summed E-state index contributed by atoms with van der Waals surface area (Å²) in [5, 5.41) is 10.2. The summed E-state index contributed by atoms with van der Waals surface area (Å²) in [6.45, 7) is 0. The average molecular weight is 548 g/mol. The molecular weight excluding hydrogens is 522 g/mol. The van der Waals surface area contributed by atoms with Gasteiger partial charge >= 0.3 is 0 Å². The van der Waals surface area contributed by atoms with Gasteiger partial charge in [-0.2, -0.15) is 0 Å². The van der Waals surface area contributed by atoms with Crippen molar-refractivity contribution < 1.29 is 0 Å². The zero-order chi connectivity index (χ0) is 28.1. The van der Waals surface area contributed by atoms with Gasteiger partial charge in [-0.15, -0.1) is 0 Å². The van der Waals surface area contributed by atoms with E-state index in [-0.39, 0.29) is 12.1 Å². The van der Waals surface area contributed by atoms with Crippen molar-refractivity contribution in [3.63, 3.8) is 0 Å². The number of rotatable bonds is 2. The zero-order valence-corrected chi connectivity index (χ0v) is 23.3. The van der Waals surface area contributed by atoms with Crippen LogP contribution in [0.15, 0.2) is 150 Å². The summed E-state index contributed by atoms with van der Waals surface area (Å²) in [5.41, 5.74) is 5.55. The molecule has 3 aliphatic rings. The van der Waals surface area contributed by atoms with Crippen LogP contribution in [0.1, 0.15) is 11.1 Å². The normalized spacial score (nSPS) is 18.7. The lowest BCUT2D eigenvalue weighted by atomic mass is 9.89. The molecule has 0 saturated heterocycles. The van der Waals surface area contributed by atoms with Crippen LogP contribution < -0.4 is 0 Å². The largest absolute Gasteiger partial charge is 0.301 e. The SMILES string of the molecule is C1=CC2N=C3c4ccc(-c5ccc6ccc7cccc8ccc5c6c78)cc4N=C(c4ccc5ccccc5c4)N3C2C=C1. The minimum atomic E-state index is 0.0776. The zero-order valence-electron chi connectivity index (χ0n) is 23.3. The number of amidine groups is 2. The fraction of sp³-hybridized carbons (Fsp3) is 0.0500. The van der Waals surface area contributed by atoms with Gasteiger partial charge in [-0.3, -0.25) is 4.99 Å². The standard InChI is InChI=1S/C40H25N3/c1-2-7-28-22-30(15-12-24(28)6-1)39-42-35-23-29(18-21-33(35)40-41-34-10-3-4-11-36(34)43(39)40)31-19-16-27-14-13-25-8-5-9-26-17-20-32(31)38(27)37(25)26/h1-23,34,36H. The van der Waals surface area contributed by atoms with Gasteiger partial charge in [0.2, 0.25) is 0 Å². The monoisotopic (exact) mass is 547 g/mol. The van der Waals surface area contributed by atoms with E-state index in [0.29, 0.717) is 0 Å². The number of allylic oxidation sites excluding steroid dienone is 2. The number of benzene rings is 7. The van der Waals surface area contributed by atoms with E-state index in [4.69, 9.17) is 9.98 Å². The highest BCUT2D eigenvalue weighted by Gasteiger charge is 2.41. The Kier molecular flexibility index (Phi) is 4.56. The van der Waals surface area contributed by atoms with Crippen molar-refractivity contribution in [3.05, 3.63) is 151 Å². The Morgan fingerprint density at radius 2 is 1.21 bits per heavy atom. The molecule has 0 radical (unpaired) electrons. The minimum absolute atomic E-state index is 0.0776. The summed E-state index contributed by atoms with van der Waals surface area (Å²) < 4.78 is 0. The average Bonchev–Trinajstić information content (AvgIpc) is 3.46. The van der Waals surface area contributed by atoms with Crippen LogP contribution in [-0.2, 0) is 0 Å². The van der Waals surface area contributed by atoms with Gasteiger partial charge in [0.15, 0.2) is 0 Å². The molecule has 3 nitrogen and oxygen atoms in total. The third kappa shape index (κ3) is 3.25. The molecule has 200 valence electrons. The van der Waals surface area contributed by atoms with Gasteiger partial charge in [-0.25, -0.2) is 4.99 Å². The highest BCUT2D eigenvalue weighted by atomic mass is 15.3. The van der Waals surface area contributed by atoms with Crippen LogP contribution in [0.25, 0.3) is 54.2 Å². The summed E-state index contributed by atoms with van der Waals surface area (Å²) >= 11 is 0. The number of fused-ring (bicyclic) bond motifs is 6. The molecule has 0 aromatic heterocycles. The highest BCUT2D eigenvalue weighted by Crippen LogP contribution is 2.42. The molecule has 7 aromatic carbocycles. The number of aliphatic imine (C=N–C) groups is 2. The summed E-state index contributed by atoms with van der Waals surface area (Å²) in [4.78, 5) is 13.0. The molecule has 0 saturated carbocycles. The van der Waals surface area contributed by atoms with Crippen molar-refractivity contribution in [1.29, 1.82) is 0 Å². The number of hydrogen-bond acceptors (Lipinski definition) is 3. The molecule has 1 aliphatic carbocycles. The van der Waals surface area contributed by atoms with E-state index >= 15 is 0 Å². The lowest BCUT2D eigenvalue weighted by Gasteiger charge is -2.33. The first-order chi connectivity index (χ1) is 21.3. The van der Waals surface area contributed by atoms with Crippen LogP contribution in [0.4, 0.5) is 5.69 Å². The first-order valence-electron chi connectivity index (χ1n) is 14.9. The summed E-state index contributed by atoms with van der Waals surface area (Å²) in [6, 6.07) is 42.2. The topological polar surface area (TPSA) is 28.0 Å². The van der Waals surface area contributed by atoms with E-state index in [0.717, 1.165) is 28.5 Å². The van der Waals surface area contributed by atoms with E-state index in [2.05, 4.69) is 144 Å². The molecule has 2 aliphatic heterocycles. The van der Waals surface area contributed by atoms with E-state index in [9.17, 15) is 0 Å². The Hall–Kier alpha value is -5.54. The fourth-order valence-corrected chi connectivity index (χ4v) is 7.40. The second kappa shape index (κ2) is 8.50. The molecule has 0 spiro atoms. The molecule has 0 bridgehead atoms. The molecule has 0 N–H and O–H groups in total. The molecule has 2 heterocycles. The lowest BCUT2D eigenvalue weighted by molar-refractivity contribution is 0.513. The van der Waals surface area contributed by atoms with Gasteiger partial charge in [0.25, 0.3) is 0 Å². The van der Waals surface area contributed by atoms with Crippen molar-refractivity contribution in [1.82, 2.24) is 4.90 Å². The Morgan fingerprint density at radius 3 is 2.12 bits per heavy atom. The fourth-order valence-electron chi connectivity index (χ4n) is 7.40. The molecular formula is C40H25N3. The van der Waals surface area contributed by atoms with Crippen molar-refractivity contribution >= 4 is 60.4 Å². The number of nitrogens with zero attached hydrogens (tertiary/aromatic N) is 3. The second-order valence-corrected chi connectivity index (χ2v) is 11.8. The molecule has 10 rings (SSSR count). The predicted octanol–water partition coefficient (Wildman–Crippen LogP) is 9.42. The first kappa shape index (κ1) is 23.1. The molecule has 3 heteroatoms. The van der Waals surface area contributed by atoms with Crippen LogP contribution >= 0.6 is 0 Å². The van der Waals surface area contributed by atoms with Crippen LogP contribution in [0.5, 0.6) is 0 Å². The smallest absolute Gasteiger partial charge is 0.142 e. The lowest BCUT2D eigenvalue weighted by Crippen LogP contribution is -2.45. The van der Waals surface area contributed by atoms with Gasteiger partial charge < -0.3 is 4.90 Å². The molecule has 43 heavy (non-hydrogen) atoms. The molecule has 0 fully saturated rings. The van der Waals surface area contributed by atoms with Crippen molar-refractivity contribution in [2.45, 2.75) is 12.1 Å². The van der Waals surface area contributed by atoms with E-state index in [1.165, 1.54) is 54.2 Å². The Morgan fingerprint density at radius 1 is 0.512 bits per heavy atom. The van der Waals surface area contributed by atoms with Gasteiger partial charge in [-0.1, -0.05) is 121 Å². The maximum absolute atomic E-state index is 5.41. The van der Waals surface area contributed by atoms with E-state index in [1.54, 1.807) is 0 Å². The van der Waals surface area contributed by atoms with Gasteiger partial charge in [0.05, 0.1) is 17.8 Å². The Balaban J connectivity index is 1.20. The van der Waals surface area contributed by atoms with Crippen molar-refractivity contribution in [3.8, 4) is 11.1 Å². The first-order valence-corrected chi connectivity index (χ1v) is 14.9. The van der Waals surface area contributed by atoms with E-state index < -0.39 is 0 Å². The number of hydrogen-bond donors (Lipinski definition) is 0. The Labute approximate surface area is 248 Å². The third-order valence-corrected chi connectivity index (χ3v) is 9.42. The molecule has 2 atom stereocenters. The second-order valence-electron chi connectivity index (χ2n) is 11.8. The predicted molar refractivity (Wildman–Crippen MR) is 180 cm³/mol. The van der Waals surface area contributed by atoms with Crippen molar-refractivity contribution in [2.75, 3.05) is 0 Å². The Bertz CT molecular complexity index is 2410. The highest BCUT2D eigenvalue weighted by molar-refractivity contribution is 6.26. The van der Waals surface area contributed by atoms with Gasteiger partial charge in [-0.05, 0) is 72.4 Å². The van der Waals surface area contributed by atoms with Crippen LogP contribution in [0.3, 0.4) is 0 Å². The third-order valence-electron chi connectivity index (χ3n) is 9.42. The quantitative estimate of drug-likeness (QED) is 0.198. The van der Waals surface area contributed by atoms with E-state index in [1.807, 2.05) is 0 Å². The molecule has 7 aromatic rings. The summed E-state index contributed by atoms with van der Waals surface area (Å²) in [7, 11) is 0. The molecule has 2 unspecified atom stereocenters.